The number of rotatable bonds is 3. The number of fused-ring (bicyclic) bond motifs is 3. The molecule has 3 saturated heterocycles. The third kappa shape index (κ3) is 3.11. The molecule has 0 aromatic carbocycles. The monoisotopic (exact) mass is 302 g/mol. The molecule has 3 rings (SSSR count). The van der Waals surface area contributed by atoms with E-state index in [0.717, 1.165) is 0 Å². The van der Waals surface area contributed by atoms with Gasteiger partial charge in [0, 0.05) is 0 Å². The molecular formula is C15H26O6. The minimum Gasteiger partial charge on any atom is -0.376 e. The van der Waals surface area contributed by atoms with E-state index in [4.69, 9.17) is 28.4 Å². The molecule has 0 unspecified atom stereocenters. The summed E-state index contributed by atoms with van der Waals surface area (Å²) in [6, 6.07) is 0. The van der Waals surface area contributed by atoms with Gasteiger partial charge in [0.15, 0.2) is 17.9 Å². The molecule has 6 heteroatoms. The van der Waals surface area contributed by atoms with Crippen LogP contribution in [0.3, 0.4) is 0 Å². The highest BCUT2D eigenvalue weighted by atomic mass is 16.9. The summed E-state index contributed by atoms with van der Waals surface area (Å²) in [5.74, 6) is -1.33. The fourth-order valence-corrected chi connectivity index (χ4v) is 3.11. The summed E-state index contributed by atoms with van der Waals surface area (Å²) in [6.45, 7) is 12.0. The Morgan fingerprint density at radius 3 is 2.10 bits per heavy atom. The minimum absolute atomic E-state index is 0.136. The maximum atomic E-state index is 6.03. The summed E-state index contributed by atoms with van der Waals surface area (Å²) in [7, 11) is 0. The average molecular weight is 302 g/mol. The molecule has 0 bridgehead atoms. The minimum atomic E-state index is -0.677. The molecule has 0 aromatic rings. The van der Waals surface area contributed by atoms with Gasteiger partial charge in [-0.05, 0) is 41.5 Å². The van der Waals surface area contributed by atoms with Crippen molar-refractivity contribution in [1.82, 2.24) is 0 Å². The maximum absolute atomic E-state index is 6.03. The van der Waals surface area contributed by atoms with Crippen molar-refractivity contribution in [3.05, 3.63) is 0 Å². The van der Waals surface area contributed by atoms with Crippen molar-refractivity contribution in [1.29, 1.82) is 0 Å². The third-order valence-corrected chi connectivity index (χ3v) is 3.84. The second-order valence-corrected chi connectivity index (χ2v) is 7.09. The standard InChI is InChI=1S/C15H26O6/c1-8(2)16-7-9-10-11(19-14(3,4)18-10)12-13(17-9)21-15(5,6)20-12/h8-13H,7H2,1-6H3/t9-,10+,11+,12+,13+/m0/s1. The fraction of sp³-hybridized carbons (Fsp3) is 1.00. The first-order valence-corrected chi connectivity index (χ1v) is 7.65. The molecule has 5 atom stereocenters. The van der Waals surface area contributed by atoms with Crippen LogP contribution in [-0.4, -0.2) is 55.0 Å². The number of ether oxygens (including phenoxy) is 6. The Morgan fingerprint density at radius 2 is 1.43 bits per heavy atom. The van der Waals surface area contributed by atoms with Gasteiger partial charge in [0.05, 0.1) is 12.7 Å². The van der Waals surface area contributed by atoms with Gasteiger partial charge < -0.3 is 28.4 Å². The van der Waals surface area contributed by atoms with Crippen LogP contribution in [0.25, 0.3) is 0 Å². The summed E-state index contributed by atoms with van der Waals surface area (Å²) in [6.07, 6.45) is -1.23. The molecule has 0 N–H and O–H groups in total. The van der Waals surface area contributed by atoms with Gasteiger partial charge in [-0.15, -0.1) is 0 Å². The van der Waals surface area contributed by atoms with Crippen molar-refractivity contribution in [2.45, 2.75) is 89.9 Å². The van der Waals surface area contributed by atoms with E-state index in [1.807, 2.05) is 41.5 Å². The summed E-state index contributed by atoms with van der Waals surface area (Å²) < 4.78 is 35.5. The van der Waals surface area contributed by atoms with Crippen LogP contribution >= 0.6 is 0 Å². The average Bonchev–Trinajstić information content (AvgIpc) is 2.80. The lowest BCUT2D eigenvalue weighted by atomic mass is 9.99. The van der Waals surface area contributed by atoms with Crippen LogP contribution in [0.2, 0.25) is 0 Å². The Labute approximate surface area is 126 Å². The lowest BCUT2D eigenvalue weighted by Gasteiger charge is -2.37. The van der Waals surface area contributed by atoms with Crippen molar-refractivity contribution < 1.29 is 28.4 Å². The predicted molar refractivity (Wildman–Crippen MR) is 73.6 cm³/mol. The molecule has 21 heavy (non-hydrogen) atoms. The third-order valence-electron chi connectivity index (χ3n) is 3.84. The highest BCUT2D eigenvalue weighted by molar-refractivity contribution is 5.00. The lowest BCUT2D eigenvalue weighted by molar-refractivity contribution is -0.244. The van der Waals surface area contributed by atoms with E-state index in [2.05, 4.69) is 0 Å². The highest BCUT2D eigenvalue weighted by Gasteiger charge is 2.60. The van der Waals surface area contributed by atoms with E-state index in [9.17, 15) is 0 Å². The Balaban J connectivity index is 1.78. The SMILES string of the molecule is CC(C)OC[C@@H]1O[C@@H]2OC(C)(C)O[C@@H]2[C@@H]2OC(C)(C)O[C@@H]21. The van der Waals surface area contributed by atoms with Gasteiger partial charge in [-0.25, -0.2) is 0 Å². The normalized spacial score (nSPS) is 43.9. The summed E-state index contributed by atoms with van der Waals surface area (Å²) in [4.78, 5) is 0. The lowest BCUT2D eigenvalue weighted by Crippen LogP contribution is -2.56. The molecule has 3 heterocycles. The molecule has 3 aliphatic heterocycles. The highest BCUT2D eigenvalue weighted by Crippen LogP contribution is 2.44. The zero-order valence-electron chi connectivity index (χ0n) is 13.6. The summed E-state index contributed by atoms with van der Waals surface area (Å²) in [5, 5.41) is 0. The van der Waals surface area contributed by atoms with Crippen LogP contribution in [0.15, 0.2) is 0 Å². The van der Waals surface area contributed by atoms with Gasteiger partial charge >= 0.3 is 0 Å². The quantitative estimate of drug-likeness (QED) is 0.792. The molecule has 3 aliphatic rings. The van der Waals surface area contributed by atoms with Gasteiger partial charge in [0.1, 0.15) is 24.4 Å². The predicted octanol–water partition coefficient (Wildman–Crippen LogP) is 1.81. The van der Waals surface area contributed by atoms with E-state index in [1.165, 1.54) is 0 Å². The fourth-order valence-electron chi connectivity index (χ4n) is 3.11. The first-order chi connectivity index (χ1) is 9.67. The van der Waals surface area contributed by atoms with Crippen LogP contribution in [-0.2, 0) is 28.4 Å². The second kappa shape index (κ2) is 5.15. The van der Waals surface area contributed by atoms with Crippen LogP contribution < -0.4 is 0 Å². The van der Waals surface area contributed by atoms with Crippen molar-refractivity contribution >= 4 is 0 Å². The first-order valence-electron chi connectivity index (χ1n) is 7.65. The smallest absolute Gasteiger partial charge is 0.190 e. The summed E-state index contributed by atoms with van der Waals surface area (Å²) in [5.41, 5.74) is 0. The van der Waals surface area contributed by atoms with Crippen molar-refractivity contribution in [2.24, 2.45) is 0 Å². The van der Waals surface area contributed by atoms with Crippen LogP contribution in [0, 0.1) is 0 Å². The Morgan fingerprint density at radius 1 is 0.857 bits per heavy atom. The largest absolute Gasteiger partial charge is 0.376 e. The maximum Gasteiger partial charge on any atom is 0.190 e. The first kappa shape index (κ1) is 15.6. The topological polar surface area (TPSA) is 55.4 Å². The summed E-state index contributed by atoms with van der Waals surface area (Å²) >= 11 is 0. The second-order valence-electron chi connectivity index (χ2n) is 7.09. The molecule has 122 valence electrons. The molecule has 0 amide bonds. The van der Waals surface area contributed by atoms with E-state index < -0.39 is 17.9 Å². The van der Waals surface area contributed by atoms with E-state index >= 15 is 0 Å². The van der Waals surface area contributed by atoms with E-state index in [1.54, 1.807) is 0 Å². The molecule has 0 saturated carbocycles. The number of hydrogen-bond acceptors (Lipinski definition) is 6. The number of hydrogen-bond donors (Lipinski definition) is 0. The Bertz CT molecular complexity index is 394. The molecular weight excluding hydrogens is 276 g/mol. The van der Waals surface area contributed by atoms with Crippen molar-refractivity contribution in [3.63, 3.8) is 0 Å². The molecule has 0 aromatic heterocycles. The molecule has 3 fully saturated rings. The van der Waals surface area contributed by atoms with Gasteiger partial charge in [-0.1, -0.05) is 0 Å². The van der Waals surface area contributed by atoms with Gasteiger partial charge in [0.25, 0.3) is 0 Å². The molecule has 0 radical (unpaired) electrons. The molecule has 6 nitrogen and oxygen atoms in total. The molecule has 0 spiro atoms. The van der Waals surface area contributed by atoms with Gasteiger partial charge in [0.2, 0.25) is 0 Å². The van der Waals surface area contributed by atoms with Gasteiger partial charge in [-0.2, -0.15) is 0 Å². The zero-order valence-corrected chi connectivity index (χ0v) is 13.6. The van der Waals surface area contributed by atoms with Crippen LogP contribution in [0.1, 0.15) is 41.5 Å². The Hall–Kier alpha value is -0.240. The molecule has 0 aliphatic carbocycles. The van der Waals surface area contributed by atoms with E-state index in [-0.39, 0.29) is 30.5 Å². The van der Waals surface area contributed by atoms with E-state index in [0.29, 0.717) is 6.61 Å². The van der Waals surface area contributed by atoms with Crippen LogP contribution in [0.4, 0.5) is 0 Å². The van der Waals surface area contributed by atoms with Gasteiger partial charge in [-0.3, -0.25) is 0 Å². The Kier molecular flexibility index (Phi) is 3.83. The van der Waals surface area contributed by atoms with Crippen molar-refractivity contribution in [3.8, 4) is 0 Å². The zero-order chi connectivity index (χ0) is 15.4. The van der Waals surface area contributed by atoms with Crippen LogP contribution in [0.5, 0.6) is 0 Å². The van der Waals surface area contributed by atoms with Crippen molar-refractivity contribution in [2.75, 3.05) is 6.61 Å².